The largest absolute Gasteiger partial charge is 0.498 e. The molecule has 13 heteroatoms. The lowest BCUT2D eigenvalue weighted by Crippen LogP contribution is -2.40. The van der Waals surface area contributed by atoms with Gasteiger partial charge in [-0.2, -0.15) is 0 Å². The number of carbonyl (C=O) groups excluding carboxylic acids is 3. The molecule has 2 saturated carbocycles. The Kier molecular flexibility index (Phi) is 18.2. The van der Waals surface area contributed by atoms with Crippen LogP contribution in [0.15, 0.2) is 78.1 Å². The first kappa shape index (κ1) is 46.9. The third-order valence-electron chi connectivity index (χ3n) is 10.0. The second kappa shape index (κ2) is 22.5. The molecule has 2 fully saturated rings. The zero-order chi connectivity index (χ0) is 42.2. The summed E-state index contributed by atoms with van der Waals surface area (Å²) >= 11 is 0. The number of carbonyl (C=O) groups is 3. The maximum atomic E-state index is 13.8. The smallest absolute Gasteiger partial charge is 0.330 e. The predicted octanol–water partition coefficient (Wildman–Crippen LogP) is 10.3. The lowest BCUT2D eigenvalue weighted by atomic mass is 9.93. The Morgan fingerprint density at radius 1 is 0.759 bits per heavy atom. The van der Waals surface area contributed by atoms with E-state index < -0.39 is 34.1 Å². The van der Waals surface area contributed by atoms with Crippen molar-refractivity contribution in [1.29, 1.82) is 0 Å². The van der Waals surface area contributed by atoms with Crippen LogP contribution in [0.4, 0.5) is 8.78 Å². The van der Waals surface area contributed by atoms with E-state index in [4.69, 9.17) is 28.4 Å². The second-order valence-corrected chi connectivity index (χ2v) is 18.1. The molecule has 2 aliphatic rings. The Labute approximate surface area is 347 Å². The number of alkyl halides is 2. The van der Waals surface area contributed by atoms with E-state index in [2.05, 4.69) is 37.2 Å². The van der Waals surface area contributed by atoms with Crippen LogP contribution < -0.4 is 9.47 Å². The standard InChI is InChI=1S/C45H60F2O9P2/c1-5-39(48)54-30-43(3,31-55-40(49)6-2)42(50)53-28-10-8-7-9-27-52-38(33-15-16-33)25-14-32-12-21-37(22-13-32)56-41(34-17-18-34)35-19-23-36(24-20-35)51-29-11-26-45(57,58)44(4,46)47/h5,12-13,19-24H,1,6-11,14-18,25-31,57-58H2,2-4H3. The number of aryl methyl sites for hydroxylation is 1. The molecule has 0 N–H and O–H groups in total. The van der Waals surface area contributed by atoms with Crippen LogP contribution in [0.5, 0.6) is 11.5 Å². The average molecular weight is 845 g/mol. The van der Waals surface area contributed by atoms with Crippen molar-refractivity contribution in [2.24, 2.45) is 5.41 Å². The van der Waals surface area contributed by atoms with E-state index in [1.54, 1.807) is 13.8 Å². The van der Waals surface area contributed by atoms with Gasteiger partial charge >= 0.3 is 17.9 Å². The Morgan fingerprint density at radius 2 is 1.36 bits per heavy atom. The third-order valence-corrected chi connectivity index (χ3v) is 11.6. The molecule has 0 saturated heterocycles. The minimum atomic E-state index is -2.81. The minimum absolute atomic E-state index is 0.165. The van der Waals surface area contributed by atoms with Gasteiger partial charge in [0, 0.05) is 31.4 Å². The summed E-state index contributed by atoms with van der Waals surface area (Å²) in [5.74, 6) is -1.11. The van der Waals surface area contributed by atoms with Crippen molar-refractivity contribution >= 4 is 42.1 Å². The van der Waals surface area contributed by atoms with Crippen LogP contribution >= 0.6 is 18.5 Å². The van der Waals surface area contributed by atoms with Crippen LogP contribution in [-0.4, -0.2) is 61.8 Å². The molecule has 0 amide bonds. The molecule has 2 aliphatic carbocycles. The third kappa shape index (κ3) is 15.7. The number of benzene rings is 2. The van der Waals surface area contributed by atoms with Crippen molar-refractivity contribution in [2.75, 3.05) is 33.0 Å². The van der Waals surface area contributed by atoms with Gasteiger partial charge in [0.1, 0.15) is 35.9 Å². The number of hydrogen-bond donors (Lipinski definition) is 0. The topological polar surface area (TPSA) is 107 Å². The number of hydrogen-bond acceptors (Lipinski definition) is 9. The average Bonchev–Trinajstić information content (AvgIpc) is 4.15. The summed E-state index contributed by atoms with van der Waals surface area (Å²) in [4.78, 5) is 34.8. The quantitative estimate of drug-likeness (QED) is 0.0217. The summed E-state index contributed by atoms with van der Waals surface area (Å²) < 4.78 is 61.7. The van der Waals surface area contributed by atoms with Crippen molar-refractivity contribution in [3.05, 3.63) is 89.2 Å². The van der Waals surface area contributed by atoms with E-state index in [-0.39, 0.29) is 26.2 Å². The van der Waals surface area contributed by atoms with E-state index in [0.29, 0.717) is 38.2 Å². The van der Waals surface area contributed by atoms with Crippen molar-refractivity contribution in [2.45, 2.75) is 115 Å². The zero-order valence-electron chi connectivity index (χ0n) is 34.2. The van der Waals surface area contributed by atoms with Gasteiger partial charge in [0.2, 0.25) is 0 Å². The molecule has 0 heterocycles. The van der Waals surface area contributed by atoms with Crippen molar-refractivity contribution in [3.63, 3.8) is 0 Å². The van der Waals surface area contributed by atoms with Crippen LogP contribution in [0.3, 0.4) is 0 Å². The van der Waals surface area contributed by atoms with E-state index in [9.17, 15) is 23.2 Å². The summed E-state index contributed by atoms with van der Waals surface area (Å²) in [7, 11) is 4.51. The normalized spacial score (nSPS) is 14.5. The van der Waals surface area contributed by atoms with Gasteiger partial charge in [-0.3, -0.25) is 9.59 Å². The Balaban J connectivity index is 1.14. The predicted molar refractivity (Wildman–Crippen MR) is 228 cm³/mol. The molecule has 0 bridgehead atoms. The van der Waals surface area contributed by atoms with Crippen LogP contribution in [0.25, 0.3) is 5.76 Å². The van der Waals surface area contributed by atoms with Crippen LogP contribution in [-0.2, 0) is 39.8 Å². The summed E-state index contributed by atoms with van der Waals surface area (Å²) in [6, 6.07) is 16.0. The summed E-state index contributed by atoms with van der Waals surface area (Å²) in [5, 5.41) is 0. The van der Waals surface area contributed by atoms with E-state index in [0.717, 1.165) is 93.6 Å². The fourth-order valence-electron chi connectivity index (χ4n) is 5.78. The van der Waals surface area contributed by atoms with E-state index in [1.165, 1.54) is 16.7 Å². The summed E-state index contributed by atoms with van der Waals surface area (Å²) in [5.41, 5.74) is 3.52. The molecule has 3 atom stereocenters. The maximum Gasteiger partial charge on any atom is 0.330 e. The van der Waals surface area contributed by atoms with Crippen molar-refractivity contribution in [1.82, 2.24) is 0 Å². The first-order valence-electron chi connectivity index (χ1n) is 20.3. The Morgan fingerprint density at radius 3 is 1.95 bits per heavy atom. The molecule has 0 aromatic heterocycles. The Hall–Kier alpha value is -3.81. The number of ether oxygens (including phenoxy) is 6. The molecule has 58 heavy (non-hydrogen) atoms. The molecule has 2 aromatic carbocycles. The molecular formula is C45H60F2O9P2. The number of halogens is 2. The second-order valence-electron chi connectivity index (χ2n) is 15.4. The van der Waals surface area contributed by atoms with Crippen LogP contribution in [0, 0.1) is 5.41 Å². The van der Waals surface area contributed by atoms with Gasteiger partial charge in [-0.25, -0.2) is 13.6 Å². The number of esters is 3. The van der Waals surface area contributed by atoms with Crippen LogP contribution in [0.1, 0.15) is 109 Å². The molecular weight excluding hydrogens is 784 g/mol. The monoisotopic (exact) mass is 844 g/mol. The lowest BCUT2D eigenvalue weighted by Gasteiger charge is -2.30. The number of allylic oxidation sites excluding steroid dienone is 3. The van der Waals surface area contributed by atoms with Gasteiger partial charge in [-0.05, 0) is 131 Å². The fraction of sp³-hybridized carbons (Fsp3) is 0.533. The highest BCUT2D eigenvalue weighted by atomic mass is 31.1. The Bertz CT molecular complexity index is 1740. The van der Waals surface area contributed by atoms with Gasteiger partial charge in [0.15, 0.2) is 0 Å². The van der Waals surface area contributed by atoms with Gasteiger partial charge in [0.05, 0.1) is 30.5 Å². The van der Waals surface area contributed by atoms with E-state index >= 15 is 0 Å². The summed E-state index contributed by atoms with van der Waals surface area (Å²) in [6.45, 7) is 8.15. The van der Waals surface area contributed by atoms with Gasteiger partial charge in [0.25, 0.3) is 5.92 Å². The van der Waals surface area contributed by atoms with Gasteiger partial charge in [-0.1, -0.05) is 25.6 Å². The van der Waals surface area contributed by atoms with Crippen molar-refractivity contribution < 1.29 is 51.6 Å². The molecule has 318 valence electrons. The number of unbranched alkanes of at least 4 members (excludes halogenated alkanes) is 3. The van der Waals surface area contributed by atoms with Gasteiger partial charge in [-0.15, -0.1) is 18.5 Å². The lowest BCUT2D eigenvalue weighted by molar-refractivity contribution is -0.169. The minimum Gasteiger partial charge on any atom is -0.498 e. The highest BCUT2D eigenvalue weighted by Crippen LogP contribution is 2.45. The van der Waals surface area contributed by atoms with Gasteiger partial charge < -0.3 is 28.4 Å². The molecule has 9 nitrogen and oxygen atoms in total. The summed E-state index contributed by atoms with van der Waals surface area (Å²) in [6.07, 6.45) is 11.2. The first-order valence-corrected chi connectivity index (χ1v) is 21.4. The first-order chi connectivity index (χ1) is 27.6. The van der Waals surface area contributed by atoms with Crippen LogP contribution in [0.2, 0.25) is 0 Å². The molecule has 3 unspecified atom stereocenters. The zero-order valence-corrected chi connectivity index (χ0v) is 36.5. The maximum absolute atomic E-state index is 13.8. The molecule has 2 aromatic rings. The highest BCUT2D eigenvalue weighted by Gasteiger charge is 2.42. The molecule has 0 aliphatic heterocycles. The van der Waals surface area contributed by atoms with E-state index in [1.807, 2.05) is 36.4 Å². The number of rotatable bonds is 27. The molecule has 0 radical (unpaired) electrons. The molecule has 4 rings (SSSR count). The van der Waals surface area contributed by atoms with Crippen molar-refractivity contribution in [3.8, 4) is 11.5 Å². The fourth-order valence-corrected chi connectivity index (χ4v) is 6.18. The highest BCUT2D eigenvalue weighted by molar-refractivity contribution is 7.40. The molecule has 0 spiro atoms. The SMILES string of the molecule is C=CC(=O)OCC(C)(COC(=O)CC)C(=O)OCCCCCCOC(CCc1ccc(OC(=C2CC2)c2ccc(OCCCC(P)(P)C(C)(F)F)cc2)cc1)=C1CC1.